The molecule has 44 valence electrons. The van der Waals surface area contributed by atoms with Crippen molar-refractivity contribution in [3.05, 3.63) is 0 Å². The van der Waals surface area contributed by atoms with Gasteiger partial charge in [-0.25, -0.2) is 8.78 Å². The predicted molar refractivity (Wildman–Crippen MR) is 22.6 cm³/mol. The van der Waals surface area contributed by atoms with Gasteiger partial charge in [0.05, 0.1) is 6.61 Å². The summed E-state index contributed by atoms with van der Waals surface area (Å²) >= 11 is 0. The van der Waals surface area contributed by atoms with Gasteiger partial charge in [-0.15, -0.1) is 0 Å². The monoisotopic (exact) mass is 110 g/mol. The smallest absolute Gasteiger partial charge is 0.154 e. The third-order valence-electron chi connectivity index (χ3n) is 0.673. The number of aliphatic hydroxyl groups excluding tert-OH is 1. The first-order valence-corrected chi connectivity index (χ1v) is 2.07. The minimum atomic E-state index is -1.71. The van der Waals surface area contributed by atoms with Crippen molar-refractivity contribution in [1.82, 2.24) is 0 Å². The van der Waals surface area contributed by atoms with Crippen LogP contribution in [0.4, 0.5) is 8.78 Å². The van der Waals surface area contributed by atoms with Crippen LogP contribution >= 0.6 is 0 Å². The van der Waals surface area contributed by atoms with Crippen molar-refractivity contribution in [3.8, 4) is 0 Å². The summed E-state index contributed by atoms with van der Waals surface area (Å²) in [5, 5.41) is 7.89. The Labute approximate surface area is 41.0 Å². The van der Waals surface area contributed by atoms with Crippen molar-refractivity contribution in [2.75, 3.05) is 6.61 Å². The molecule has 0 rings (SSSR count). The van der Waals surface area contributed by atoms with Crippen LogP contribution in [-0.2, 0) is 0 Å². The lowest BCUT2D eigenvalue weighted by Crippen LogP contribution is -2.17. The van der Waals surface area contributed by atoms with Gasteiger partial charge in [0.1, 0.15) is 6.17 Å². The number of halogens is 2. The second-order valence-corrected chi connectivity index (χ2v) is 1.38. The van der Waals surface area contributed by atoms with Gasteiger partial charge in [0, 0.05) is 0 Å². The maximum atomic E-state index is 11.6. The van der Waals surface area contributed by atoms with E-state index in [9.17, 15) is 8.78 Å². The Kier molecular flexibility index (Phi) is 2.83. The van der Waals surface area contributed by atoms with Gasteiger partial charge in [0.25, 0.3) is 0 Å². The highest BCUT2D eigenvalue weighted by atomic mass is 19.2. The van der Waals surface area contributed by atoms with Crippen molar-refractivity contribution in [2.45, 2.75) is 19.3 Å². The van der Waals surface area contributed by atoms with Crippen LogP contribution in [0, 0.1) is 0 Å². The highest BCUT2D eigenvalue weighted by molar-refractivity contribution is 4.58. The summed E-state index contributed by atoms with van der Waals surface area (Å²) in [5.41, 5.74) is 0. The van der Waals surface area contributed by atoms with Crippen LogP contribution in [0.15, 0.2) is 0 Å². The molecule has 1 N–H and O–H groups in total. The largest absolute Gasteiger partial charge is 0.393 e. The molecule has 0 fully saturated rings. The topological polar surface area (TPSA) is 20.2 Å². The van der Waals surface area contributed by atoms with E-state index in [1.807, 2.05) is 0 Å². The molecular weight excluding hydrogens is 102 g/mol. The van der Waals surface area contributed by atoms with Crippen LogP contribution in [0.5, 0.6) is 0 Å². The molecule has 0 radical (unpaired) electrons. The zero-order valence-electron chi connectivity index (χ0n) is 4.06. The highest BCUT2D eigenvalue weighted by Gasteiger charge is 2.11. The van der Waals surface area contributed by atoms with E-state index >= 15 is 0 Å². The van der Waals surface area contributed by atoms with Gasteiger partial charge in [0.15, 0.2) is 6.17 Å². The third-order valence-corrected chi connectivity index (χ3v) is 0.673. The van der Waals surface area contributed by atoms with E-state index in [1.165, 1.54) is 0 Å². The summed E-state index contributed by atoms with van der Waals surface area (Å²) in [5.74, 6) is 0. The zero-order valence-corrected chi connectivity index (χ0v) is 4.06. The molecule has 0 aromatic carbocycles. The van der Waals surface area contributed by atoms with E-state index in [-0.39, 0.29) is 0 Å². The standard InChI is InChI=1S/C4H8F2O/c1-3(5)4(6)2-7/h3-4,7H,2H2,1H3. The van der Waals surface area contributed by atoms with Crippen LogP contribution in [0.2, 0.25) is 0 Å². The second kappa shape index (κ2) is 2.91. The van der Waals surface area contributed by atoms with E-state index in [0.29, 0.717) is 0 Å². The van der Waals surface area contributed by atoms with Gasteiger partial charge in [-0.1, -0.05) is 0 Å². The SMILES string of the molecule is CC(F)C(F)CO. The predicted octanol–water partition coefficient (Wildman–Crippen LogP) is 0.675. The first-order valence-electron chi connectivity index (χ1n) is 2.07. The molecule has 0 aromatic rings. The minimum absolute atomic E-state index is 0.725. The minimum Gasteiger partial charge on any atom is -0.393 e. The third kappa shape index (κ3) is 2.51. The maximum absolute atomic E-state index is 11.6. The van der Waals surface area contributed by atoms with Crippen molar-refractivity contribution in [1.29, 1.82) is 0 Å². The van der Waals surface area contributed by atoms with Crippen LogP contribution in [-0.4, -0.2) is 24.1 Å². The Morgan fingerprint density at radius 2 is 2.00 bits per heavy atom. The molecule has 7 heavy (non-hydrogen) atoms. The first-order chi connectivity index (χ1) is 3.18. The number of hydrogen-bond donors (Lipinski definition) is 1. The first kappa shape index (κ1) is 6.82. The van der Waals surface area contributed by atoms with Crippen LogP contribution in [0.25, 0.3) is 0 Å². The van der Waals surface area contributed by atoms with Crippen molar-refractivity contribution in [3.63, 3.8) is 0 Å². The Bertz CT molecular complexity index is 47.0. The molecule has 0 aliphatic carbocycles. The second-order valence-electron chi connectivity index (χ2n) is 1.38. The zero-order chi connectivity index (χ0) is 5.86. The Balaban J connectivity index is 3.14. The molecule has 0 heterocycles. The Hall–Kier alpha value is -0.180. The molecule has 2 unspecified atom stereocenters. The molecule has 0 saturated heterocycles. The van der Waals surface area contributed by atoms with Crippen molar-refractivity contribution in [2.24, 2.45) is 0 Å². The van der Waals surface area contributed by atoms with Gasteiger partial charge >= 0.3 is 0 Å². The molecule has 0 aliphatic heterocycles. The molecule has 0 aliphatic rings. The number of aliphatic hydroxyl groups is 1. The highest BCUT2D eigenvalue weighted by Crippen LogP contribution is 1.99. The van der Waals surface area contributed by atoms with Gasteiger partial charge < -0.3 is 5.11 Å². The summed E-state index contributed by atoms with van der Waals surface area (Å²) in [4.78, 5) is 0. The number of hydrogen-bond acceptors (Lipinski definition) is 1. The van der Waals surface area contributed by atoms with E-state index in [4.69, 9.17) is 5.11 Å². The molecule has 0 aromatic heterocycles. The Morgan fingerprint density at radius 3 is 2.00 bits per heavy atom. The maximum Gasteiger partial charge on any atom is 0.154 e. The van der Waals surface area contributed by atoms with Gasteiger partial charge in [-0.05, 0) is 6.92 Å². The lowest BCUT2D eigenvalue weighted by atomic mass is 10.3. The molecule has 0 spiro atoms. The normalized spacial score (nSPS) is 18.9. The molecule has 2 atom stereocenters. The van der Waals surface area contributed by atoms with Crippen LogP contribution in [0.1, 0.15) is 6.92 Å². The van der Waals surface area contributed by atoms with Gasteiger partial charge in [-0.2, -0.15) is 0 Å². The molecule has 0 bridgehead atoms. The van der Waals surface area contributed by atoms with E-state index in [0.717, 1.165) is 6.92 Å². The number of rotatable bonds is 2. The molecule has 0 amide bonds. The van der Waals surface area contributed by atoms with E-state index in [2.05, 4.69) is 0 Å². The molecule has 0 saturated carbocycles. The fourth-order valence-corrected chi connectivity index (χ4v) is 0.145. The average molecular weight is 110 g/mol. The van der Waals surface area contributed by atoms with Crippen molar-refractivity contribution < 1.29 is 13.9 Å². The van der Waals surface area contributed by atoms with Gasteiger partial charge in [-0.3, -0.25) is 0 Å². The summed E-state index contributed by atoms with van der Waals surface area (Å²) in [7, 11) is 0. The summed E-state index contributed by atoms with van der Waals surface area (Å²) in [6.07, 6.45) is -3.26. The Morgan fingerprint density at radius 1 is 1.57 bits per heavy atom. The molecule has 3 heteroatoms. The van der Waals surface area contributed by atoms with E-state index < -0.39 is 19.0 Å². The van der Waals surface area contributed by atoms with E-state index in [1.54, 1.807) is 0 Å². The molecule has 1 nitrogen and oxygen atoms in total. The van der Waals surface area contributed by atoms with Gasteiger partial charge in [0.2, 0.25) is 0 Å². The van der Waals surface area contributed by atoms with Crippen LogP contribution < -0.4 is 0 Å². The summed E-state index contributed by atoms with van der Waals surface area (Å²) < 4.78 is 23.2. The lowest BCUT2D eigenvalue weighted by molar-refractivity contribution is 0.107. The summed E-state index contributed by atoms with van der Waals surface area (Å²) in [6.45, 7) is 0.346. The molecular formula is C4H8F2O. The fraction of sp³-hybridized carbons (Fsp3) is 1.00. The number of alkyl halides is 2. The average Bonchev–Trinajstić information content (AvgIpc) is 1.65. The quantitative estimate of drug-likeness (QED) is 0.554. The fourth-order valence-electron chi connectivity index (χ4n) is 0.145. The summed E-state index contributed by atoms with van der Waals surface area (Å²) in [6, 6.07) is 0. The van der Waals surface area contributed by atoms with Crippen LogP contribution in [0.3, 0.4) is 0 Å². The van der Waals surface area contributed by atoms with Crippen molar-refractivity contribution >= 4 is 0 Å². The lowest BCUT2D eigenvalue weighted by Gasteiger charge is -2.01.